The first-order valence-corrected chi connectivity index (χ1v) is 5.51. The molecule has 0 radical (unpaired) electrons. The Balaban J connectivity index is 2.16. The van der Waals surface area contributed by atoms with Crippen molar-refractivity contribution in [2.45, 2.75) is 20.0 Å². The summed E-state index contributed by atoms with van der Waals surface area (Å²) in [6.07, 6.45) is 0.216. The highest BCUT2D eigenvalue weighted by atomic mass is 32.1. The lowest BCUT2D eigenvalue weighted by molar-refractivity contribution is 0.0748. The maximum Gasteiger partial charge on any atom is 0.261 e. The molecule has 4 heteroatoms. The molecule has 0 saturated carbocycles. The van der Waals surface area contributed by atoms with E-state index < -0.39 is 0 Å². The molecule has 1 aromatic rings. The van der Waals surface area contributed by atoms with Gasteiger partial charge in [0.2, 0.25) is 0 Å². The van der Waals surface area contributed by atoms with Crippen LogP contribution in [0.15, 0.2) is 17.5 Å². The topological polar surface area (TPSA) is 38.3 Å². The number of hydrogen-bond donors (Lipinski definition) is 1. The van der Waals surface area contributed by atoms with Gasteiger partial charge in [-0.3, -0.25) is 4.79 Å². The fourth-order valence-corrected chi connectivity index (χ4v) is 1.59. The molecule has 1 N–H and O–H groups in total. The fourth-order valence-electron chi connectivity index (χ4n) is 0.954. The molecule has 1 amide bonds. The van der Waals surface area contributed by atoms with Crippen molar-refractivity contribution in [3.8, 4) is 0 Å². The quantitative estimate of drug-likeness (QED) is 0.759. The zero-order valence-electron chi connectivity index (χ0n) is 8.45. The van der Waals surface area contributed by atoms with Crippen LogP contribution in [0.25, 0.3) is 0 Å². The molecular weight excluding hydrogens is 198 g/mol. The van der Waals surface area contributed by atoms with Gasteiger partial charge in [-0.2, -0.15) is 0 Å². The van der Waals surface area contributed by atoms with Crippen LogP contribution in [0.3, 0.4) is 0 Å². The van der Waals surface area contributed by atoms with Gasteiger partial charge >= 0.3 is 0 Å². The van der Waals surface area contributed by atoms with Gasteiger partial charge in [-0.1, -0.05) is 6.07 Å². The molecule has 0 unspecified atom stereocenters. The molecule has 14 heavy (non-hydrogen) atoms. The normalized spacial score (nSPS) is 10.5. The van der Waals surface area contributed by atoms with Crippen molar-refractivity contribution in [1.82, 2.24) is 5.32 Å². The summed E-state index contributed by atoms with van der Waals surface area (Å²) in [5.41, 5.74) is 0. The SMILES string of the molecule is CC(C)OCCNC(=O)c1cccs1. The van der Waals surface area contributed by atoms with E-state index in [9.17, 15) is 4.79 Å². The van der Waals surface area contributed by atoms with Gasteiger partial charge in [-0.15, -0.1) is 11.3 Å². The molecule has 0 aliphatic carbocycles. The second-order valence-electron chi connectivity index (χ2n) is 3.15. The minimum absolute atomic E-state index is 0.0210. The minimum atomic E-state index is -0.0210. The average molecular weight is 213 g/mol. The van der Waals surface area contributed by atoms with Crippen LogP contribution in [-0.2, 0) is 4.74 Å². The Morgan fingerprint density at radius 2 is 2.43 bits per heavy atom. The van der Waals surface area contributed by atoms with Gasteiger partial charge in [0.25, 0.3) is 5.91 Å². The molecule has 1 aromatic heterocycles. The Morgan fingerprint density at radius 1 is 1.64 bits per heavy atom. The molecule has 0 aliphatic heterocycles. The molecule has 0 bridgehead atoms. The largest absolute Gasteiger partial charge is 0.377 e. The highest BCUT2D eigenvalue weighted by molar-refractivity contribution is 7.12. The maximum atomic E-state index is 11.4. The summed E-state index contributed by atoms with van der Waals surface area (Å²) in [6.45, 7) is 5.08. The van der Waals surface area contributed by atoms with Crippen molar-refractivity contribution in [2.75, 3.05) is 13.2 Å². The fraction of sp³-hybridized carbons (Fsp3) is 0.500. The predicted molar refractivity (Wildman–Crippen MR) is 57.7 cm³/mol. The Labute approximate surface area is 88.1 Å². The van der Waals surface area contributed by atoms with Gasteiger partial charge in [0.1, 0.15) is 0 Å². The highest BCUT2D eigenvalue weighted by Crippen LogP contribution is 2.07. The van der Waals surface area contributed by atoms with E-state index in [4.69, 9.17) is 4.74 Å². The van der Waals surface area contributed by atoms with Crippen LogP contribution in [0, 0.1) is 0 Å². The van der Waals surface area contributed by atoms with E-state index in [1.54, 1.807) is 0 Å². The van der Waals surface area contributed by atoms with Crippen molar-refractivity contribution in [1.29, 1.82) is 0 Å². The summed E-state index contributed by atoms with van der Waals surface area (Å²) in [5.74, 6) is -0.0210. The predicted octanol–water partition coefficient (Wildman–Crippen LogP) is 1.90. The first-order chi connectivity index (χ1) is 6.70. The molecular formula is C10H15NO2S. The molecule has 0 aliphatic rings. The number of hydrogen-bond acceptors (Lipinski definition) is 3. The molecule has 0 saturated heterocycles. The van der Waals surface area contributed by atoms with E-state index in [-0.39, 0.29) is 12.0 Å². The highest BCUT2D eigenvalue weighted by Gasteiger charge is 2.04. The third-order valence-electron chi connectivity index (χ3n) is 1.58. The minimum Gasteiger partial charge on any atom is -0.377 e. The summed E-state index contributed by atoms with van der Waals surface area (Å²) in [6, 6.07) is 3.67. The van der Waals surface area contributed by atoms with E-state index in [1.807, 2.05) is 31.4 Å². The number of carbonyl (C=O) groups excluding carboxylic acids is 1. The number of nitrogens with one attached hydrogen (secondary N) is 1. The second-order valence-corrected chi connectivity index (χ2v) is 4.10. The molecule has 0 spiro atoms. The third kappa shape index (κ3) is 3.89. The Kier molecular flexibility index (Phi) is 4.62. The van der Waals surface area contributed by atoms with E-state index in [0.29, 0.717) is 13.2 Å². The van der Waals surface area contributed by atoms with Crippen LogP contribution in [0.4, 0.5) is 0 Å². The van der Waals surface area contributed by atoms with Gasteiger partial charge < -0.3 is 10.1 Å². The summed E-state index contributed by atoms with van der Waals surface area (Å²) < 4.78 is 5.30. The molecule has 1 rings (SSSR count). The van der Waals surface area contributed by atoms with Gasteiger partial charge in [-0.05, 0) is 25.3 Å². The van der Waals surface area contributed by atoms with Crippen molar-refractivity contribution in [3.05, 3.63) is 22.4 Å². The molecule has 78 valence electrons. The molecule has 3 nitrogen and oxygen atoms in total. The molecule has 0 aromatic carbocycles. The van der Waals surface area contributed by atoms with E-state index >= 15 is 0 Å². The summed E-state index contributed by atoms with van der Waals surface area (Å²) in [5, 5.41) is 4.68. The van der Waals surface area contributed by atoms with Gasteiger partial charge in [-0.25, -0.2) is 0 Å². The number of rotatable bonds is 5. The standard InChI is InChI=1S/C10H15NO2S/c1-8(2)13-6-5-11-10(12)9-4-3-7-14-9/h3-4,7-8H,5-6H2,1-2H3,(H,11,12). The lowest BCUT2D eigenvalue weighted by Crippen LogP contribution is -2.27. The average Bonchev–Trinajstić information content (AvgIpc) is 2.64. The van der Waals surface area contributed by atoms with Crippen LogP contribution in [0.2, 0.25) is 0 Å². The van der Waals surface area contributed by atoms with Crippen LogP contribution in [-0.4, -0.2) is 25.2 Å². The summed E-state index contributed by atoms with van der Waals surface area (Å²) in [4.78, 5) is 12.1. The molecule has 0 atom stereocenters. The molecule has 0 fully saturated rings. The monoisotopic (exact) mass is 213 g/mol. The maximum absolute atomic E-state index is 11.4. The van der Waals surface area contributed by atoms with Crippen molar-refractivity contribution in [2.24, 2.45) is 0 Å². The number of amides is 1. The number of carbonyl (C=O) groups is 1. The van der Waals surface area contributed by atoms with Crippen molar-refractivity contribution < 1.29 is 9.53 Å². The first-order valence-electron chi connectivity index (χ1n) is 4.63. The number of thiophene rings is 1. The summed E-state index contributed by atoms with van der Waals surface area (Å²) in [7, 11) is 0. The zero-order valence-corrected chi connectivity index (χ0v) is 9.26. The summed E-state index contributed by atoms with van der Waals surface area (Å²) >= 11 is 1.44. The first kappa shape index (κ1) is 11.2. The lowest BCUT2D eigenvalue weighted by atomic mass is 10.4. The Hall–Kier alpha value is -0.870. The van der Waals surface area contributed by atoms with Gasteiger partial charge in [0.05, 0.1) is 17.6 Å². The zero-order chi connectivity index (χ0) is 10.4. The van der Waals surface area contributed by atoms with Crippen molar-refractivity contribution in [3.63, 3.8) is 0 Å². The number of ether oxygens (including phenoxy) is 1. The Morgan fingerprint density at radius 3 is 3.00 bits per heavy atom. The van der Waals surface area contributed by atoms with Gasteiger partial charge in [0, 0.05) is 6.54 Å². The van der Waals surface area contributed by atoms with Crippen LogP contribution in [0.1, 0.15) is 23.5 Å². The van der Waals surface area contributed by atoms with Crippen LogP contribution in [0.5, 0.6) is 0 Å². The Bertz CT molecular complexity index is 270. The lowest BCUT2D eigenvalue weighted by Gasteiger charge is -2.07. The molecule has 1 heterocycles. The smallest absolute Gasteiger partial charge is 0.261 e. The van der Waals surface area contributed by atoms with E-state index in [0.717, 1.165) is 4.88 Å². The third-order valence-corrected chi connectivity index (χ3v) is 2.45. The second kappa shape index (κ2) is 5.78. The van der Waals surface area contributed by atoms with E-state index in [2.05, 4.69) is 5.32 Å². The van der Waals surface area contributed by atoms with Crippen LogP contribution >= 0.6 is 11.3 Å². The van der Waals surface area contributed by atoms with E-state index in [1.165, 1.54) is 11.3 Å². The van der Waals surface area contributed by atoms with Crippen molar-refractivity contribution >= 4 is 17.2 Å². The van der Waals surface area contributed by atoms with Crippen LogP contribution < -0.4 is 5.32 Å². The van der Waals surface area contributed by atoms with Gasteiger partial charge in [0.15, 0.2) is 0 Å².